The number of carbonyl (C=O) groups is 1. The molecule has 0 saturated heterocycles. The lowest BCUT2D eigenvalue weighted by Crippen LogP contribution is -2.35. The molecule has 0 aromatic heterocycles. The number of hydrogen-bond acceptors (Lipinski definition) is 2. The molecule has 0 aromatic rings. The van der Waals surface area contributed by atoms with E-state index in [9.17, 15) is 9.90 Å². The summed E-state index contributed by atoms with van der Waals surface area (Å²) in [5.74, 6) is 0.463. The Labute approximate surface area is 73.0 Å². The van der Waals surface area contributed by atoms with Gasteiger partial charge in [0.25, 0.3) is 0 Å². The first-order valence-corrected chi connectivity index (χ1v) is 4.60. The third kappa shape index (κ3) is 0.634. The average molecular weight is 168 g/mol. The second kappa shape index (κ2) is 1.92. The molecule has 3 atom stereocenters. The van der Waals surface area contributed by atoms with Gasteiger partial charge in [0, 0.05) is 17.8 Å². The van der Waals surface area contributed by atoms with E-state index in [-0.39, 0.29) is 22.9 Å². The van der Waals surface area contributed by atoms with Crippen LogP contribution in [-0.4, -0.2) is 17.0 Å². The normalized spacial score (nSPS) is 50.2. The molecule has 0 aliphatic heterocycles. The molecule has 2 aliphatic rings. The topological polar surface area (TPSA) is 37.3 Å². The van der Waals surface area contributed by atoms with Gasteiger partial charge in [0.05, 0.1) is 6.10 Å². The van der Waals surface area contributed by atoms with Crippen LogP contribution in [0.5, 0.6) is 0 Å². The van der Waals surface area contributed by atoms with E-state index in [1.54, 1.807) is 0 Å². The van der Waals surface area contributed by atoms with Crippen molar-refractivity contribution in [2.24, 2.45) is 16.7 Å². The molecule has 0 radical (unpaired) electrons. The lowest BCUT2D eigenvalue weighted by molar-refractivity contribution is -0.124. The van der Waals surface area contributed by atoms with Crippen LogP contribution in [0.2, 0.25) is 0 Å². The molecular weight excluding hydrogens is 152 g/mol. The number of Topliss-reactive ketones (excluding diaryl/α,β-unsaturated/α-hetero) is 1. The lowest BCUT2D eigenvalue weighted by Gasteiger charge is -2.35. The van der Waals surface area contributed by atoms with Crippen LogP contribution in [0.4, 0.5) is 0 Å². The van der Waals surface area contributed by atoms with E-state index in [1.807, 2.05) is 6.92 Å². The van der Waals surface area contributed by atoms with Crippen LogP contribution < -0.4 is 0 Å². The minimum absolute atomic E-state index is 0.00347. The highest BCUT2D eigenvalue weighted by atomic mass is 16.3. The number of fused-ring (bicyclic) bond motifs is 2. The fourth-order valence-electron chi connectivity index (χ4n) is 2.97. The third-order valence-electron chi connectivity index (χ3n) is 4.47. The Morgan fingerprint density at radius 2 is 2.00 bits per heavy atom. The SMILES string of the molecule is CC1(C)[C@H]2CC(O)[C@]1(C)CC2=O. The van der Waals surface area contributed by atoms with Crippen molar-refractivity contribution in [3.8, 4) is 0 Å². The molecule has 0 aromatic carbocycles. The number of carbonyl (C=O) groups excluding carboxylic acids is 1. The molecular formula is C10H16O2. The Balaban J connectivity index is 2.47. The van der Waals surface area contributed by atoms with Gasteiger partial charge in [-0.1, -0.05) is 20.8 Å². The summed E-state index contributed by atoms with van der Waals surface area (Å²) in [5.41, 5.74) is -0.155. The summed E-state index contributed by atoms with van der Waals surface area (Å²) < 4.78 is 0. The van der Waals surface area contributed by atoms with Crippen molar-refractivity contribution >= 4 is 5.78 Å². The quantitative estimate of drug-likeness (QED) is 0.593. The Bertz CT molecular complexity index is 244. The lowest BCUT2D eigenvalue weighted by atomic mass is 9.70. The smallest absolute Gasteiger partial charge is 0.137 e. The Morgan fingerprint density at radius 1 is 1.42 bits per heavy atom. The van der Waals surface area contributed by atoms with Crippen molar-refractivity contribution in [3.05, 3.63) is 0 Å². The summed E-state index contributed by atoms with van der Waals surface area (Å²) in [7, 11) is 0. The van der Waals surface area contributed by atoms with Crippen LogP contribution in [0.1, 0.15) is 33.6 Å². The monoisotopic (exact) mass is 168 g/mol. The summed E-state index contributed by atoms with van der Waals surface area (Å²) in [6, 6.07) is 0. The maximum absolute atomic E-state index is 11.5. The van der Waals surface area contributed by atoms with Crippen molar-refractivity contribution in [2.45, 2.75) is 39.7 Å². The van der Waals surface area contributed by atoms with Crippen LogP contribution in [0.3, 0.4) is 0 Å². The van der Waals surface area contributed by atoms with Crippen molar-refractivity contribution < 1.29 is 9.90 Å². The molecule has 2 saturated carbocycles. The van der Waals surface area contributed by atoms with E-state index >= 15 is 0 Å². The summed E-state index contributed by atoms with van der Waals surface area (Å²) in [4.78, 5) is 11.5. The highest BCUT2D eigenvalue weighted by molar-refractivity contribution is 5.87. The van der Waals surface area contributed by atoms with Crippen LogP contribution in [-0.2, 0) is 4.79 Å². The first-order chi connectivity index (χ1) is 5.39. The Kier molecular flexibility index (Phi) is 1.32. The molecule has 0 amide bonds. The second-order valence-corrected chi connectivity index (χ2v) is 5.09. The maximum atomic E-state index is 11.5. The highest BCUT2D eigenvalue weighted by Gasteiger charge is 2.65. The molecule has 2 nitrogen and oxygen atoms in total. The van der Waals surface area contributed by atoms with E-state index in [1.165, 1.54) is 0 Å². The van der Waals surface area contributed by atoms with Gasteiger partial charge >= 0.3 is 0 Å². The van der Waals surface area contributed by atoms with Gasteiger partial charge in [0.2, 0.25) is 0 Å². The van der Waals surface area contributed by atoms with E-state index in [0.29, 0.717) is 18.6 Å². The van der Waals surface area contributed by atoms with Crippen molar-refractivity contribution in [1.82, 2.24) is 0 Å². The molecule has 2 aliphatic carbocycles. The standard InChI is InChI=1S/C10H16O2/c1-9(2)6-4-8(12)10(9,3)5-7(6)11/h6,8,12H,4-5H2,1-3H3/t6-,8?,10-/m0/s1. The van der Waals surface area contributed by atoms with Crippen molar-refractivity contribution in [2.75, 3.05) is 0 Å². The van der Waals surface area contributed by atoms with E-state index < -0.39 is 0 Å². The van der Waals surface area contributed by atoms with Gasteiger partial charge in [-0.3, -0.25) is 4.79 Å². The van der Waals surface area contributed by atoms with E-state index in [2.05, 4.69) is 13.8 Å². The number of ketones is 1. The maximum Gasteiger partial charge on any atom is 0.137 e. The molecule has 2 rings (SSSR count). The van der Waals surface area contributed by atoms with Crippen molar-refractivity contribution in [1.29, 1.82) is 0 Å². The first kappa shape index (κ1) is 8.24. The number of aliphatic hydroxyl groups excluding tert-OH is 1. The van der Waals surface area contributed by atoms with Crippen LogP contribution >= 0.6 is 0 Å². The fraction of sp³-hybridized carbons (Fsp3) is 0.900. The zero-order valence-electron chi connectivity index (χ0n) is 7.92. The second-order valence-electron chi connectivity index (χ2n) is 5.09. The van der Waals surface area contributed by atoms with E-state index in [0.717, 1.165) is 0 Å². The predicted octanol–water partition coefficient (Wildman–Crippen LogP) is 1.37. The summed E-state index contributed by atoms with van der Waals surface area (Å²) in [6.45, 7) is 6.26. The van der Waals surface area contributed by atoms with Gasteiger partial charge in [-0.25, -0.2) is 0 Å². The predicted molar refractivity (Wildman–Crippen MR) is 45.6 cm³/mol. The molecule has 12 heavy (non-hydrogen) atoms. The zero-order valence-corrected chi connectivity index (χ0v) is 7.92. The number of hydrogen-bond donors (Lipinski definition) is 1. The molecule has 68 valence electrons. The highest BCUT2D eigenvalue weighted by Crippen LogP contribution is 2.63. The Morgan fingerprint density at radius 3 is 2.25 bits per heavy atom. The van der Waals surface area contributed by atoms with Gasteiger partial charge in [-0.2, -0.15) is 0 Å². The van der Waals surface area contributed by atoms with Crippen molar-refractivity contribution in [3.63, 3.8) is 0 Å². The molecule has 0 heterocycles. The first-order valence-electron chi connectivity index (χ1n) is 4.60. The zero-order chi connectivity index (χ0) is 9.15. The van der Waals surface area contributed by atoms with Crippen LogP contribution in [0.15, 0.2) is 0 Å². The van der Waals surface area contributed by atoms with Crippen LogP contribution in [0.25, 0.3) is 0 Å². The summed E-state index contributed by atoms with van der Waals surface area (Å²) >= 11 is 0. The van der Waals surface area contributed by atoms with E-state index in [4.69, 9.17) is 0 Å². The average Bonchev–Trinajstić information content (AvgIpc) is 2.18. The minimum Gasteiger partial charge on any atom is -0.393 e. The minimum atomic E-state index is -0.268. The fourth-order valence-corrected chi connectivity index (χ4v) is 2.97. The van der Waals surface area contributed by atoms with Gasteiger partial charge in [-0.05, 0) is 11.8 Å². The molecule has 2 heteroatoms. The Hall–Kier alpha value is -0.370. The summed E-state index contributed by atoms with van der Waals surface area (Å²) in [5, 5.41) is 9.78. The van der Waals surface area contributed by atoms with Crippen LogP contribution in [0, 0.1) is 16.7 Å². The number of rotatable bonds is 0. The summed E-state index contributed by atoms with van der Waals surface area (Å²) in [6.07, 6.45) is 0.990. The molecule has 1 unspecified atom stereocenters. The molecule has 1 N–H and O–H groups in total. The number of aliphatic hydroxyl groups is 1. The van der Waals surface area contributed by atoms with Gasteiger partial charge in [0.15, 0.2) is 0 Å². The largest absolute Gasteiger partial charge is 0.393 e. The molecule has 2 fully saturated rings. The van der Waals surface area contributed by atoms with Gasteiger partial charge in [0.1, 0.15) is 5.78 Å². The molecule has 2 bridgehead atoms. The van der Waals surface area contributed by atoms with Gasteiger partial charge in [-0.15, -0.1) is 0 Å². The van der Waals surface area contributed by atoms with Gasteiger partial charge < -0.3 is 5.11 Å². The molecule has 0 spiro atoms. The third-order valence-corrected chi connectivity index (χ3v) is 4.47.